The zero-order valence-electron chi connectivity index (χ0n) is 9.34. The summed E-state index contributed by atoms with van der Waals surface area (Å²) in [6.45, 7) is 5.68. The van der Waals surface area contributed by atoms with Gasteiger partial charge in [0.2, 0.25) is 0 Å². The van der Waals surface area contributed by atoms with Crippen LogP contribution in [0.25, 0.3) is 0 Å². The molecule has 1 heterocycles. The van der Waals surface area contributed by atoms with Crippen LogP contribution in [0.4, 0.5) is 14.5 Å². The Labute approximate surface area is 94.3 Å². The Morgan fingerprint density at radius 3 is 2.50 bits per heavy atom. The van der Waals surface area contributed by atoms with Crippen LogP contribution >= 0.6 is 0 Å². The van der Waals surface area contributed by atoms with Crippen molar-refractivity contribution in [3.8, 4) is 0 Å². The zero-order valence-corrected chi connectivity index (χ0v) is 9.34. The van der Waals surface area contributed by atoms with Gasteiger partial charge in [0.1, 0.15) is 0 Å². The molecular formula is C12H16F2N2. The standard InChI is InChI=1S/C12H16F2N2/c1-9-8-10(12(13)14)2-3-11(9)16-6-4-15-5-7-16/h2-3,8,12,15H,4-7H2,1H3. The summed E-state index contributed by atoms with van der Waals surface area (Å²) in [6.07, 6.45) is -2.38. The van der Waals surface area contributed by atoms with Crippen molar-refractivity contribution in [2.75, 3.05) is 31.1 Å². The van der Waals surface area contributed by atoms with Crippen molar-refractivity contribution < 1.29 is 8.78 Å². The number of piperazine rings is 1. The average Bonchev–Trinajstić information content (AvgIpc) is 2.30. The normalized spacial score (nSPS) is 16.9. The van der Waals surface area contributed by atoms with E-state index in [9.17, 15) is 8.78 Å². The number of anilines is 1. The maximum atomic E-state index is 12.5. The molecule has 4 heteroatoms. The van der Waals surface area contributed by atoms with Gasteiger partial charge in [-0.1, -0.05) is 6.07 Å². The Hall–Kier alpha value is -1.16. The smallest absolute Gasteiger partial charge is 0.263 e. The molecular weight excluding hydrogens is 210 g/mol. The molecule has 1 aromatic carbocycles. The zero-order chi connectivity index (χ0) is 11.5. The number of aryl methyl sites for hydroxylation is 1. The van der Waals surface area contributed by atoms with Gasteiger partial charge in [-0.3, -0.25) is 0 Å². The van der Waals surface area contributed by atoms with E-state index in [2.05, 4.69) is 10.2 Å². The highest BCUT2D eigenvalue weighted by molar-refractivity contribution is 5.55. The highest BCUT2D eigenvalue weighted by atomic mass is 19.3. The first kappa shape index (κ1) is 11.3. The molecule has 0 saturated carbocycles. The van der Waals surface area contributed by atoms with E-state index in [1.165, 1.54) is 6.07 Å². The molecule has 1 saturated heterocycles. The van der Waals surface area contributed by atoms with E-state index in [1.54, 1.807) is 6.07 Å². The molecule has 1 aliphatic heterocycles. The Balaban J connectivity index is 2.21. The highest BCUT2D eigenvalue weighted by Crippen LogP contribution is 2.26. The fourth-order valence-electron chi connectivity index (χ4n) is 2.07. The van der Waals surface area contributed by atoms with E-state index in [4.69, 9.17) is 0 Å². The lowest BCUT2D eigenvalue weighted by Crippen LogP contribution is -2.43. The summed E-state index contributed by atoms with van der Waals surface area (Å²) in [5.74, 6) is 0. The molecule has 1 fully saturated rings. The number of nitrogens with zero attached hydrogens (tertiary/aromatic N) is 1. The summed E-state index contributed by atoms with van der Waals surface area (Å²) >= 11 is 0. The van der Waals surface area contributed by atoms with Crippen molar-refractivity contribution >= 4 is 5.69 Å². The second kappa shape index (κ2) is 4.78. The fourth-order valence-corrected chi connectivity index (χ4v) is 2.07. The topological polar surface area (TPSA) is 15.3 Å². The molecule has 0 amide bonds. The number of benzene rings is 1. The van der Waals surface area contributed by atoms with Crippen LogP contribution in [-0.2, 0) is 0 Å². The predicted molar refractivity (Wildman–Crippen MR) is 61.2 cm³/mol. The van der Waals surface area contributed by atoms with Gasteiger partial charge in [-0.25, -0.2) is 8.78 Å². The first-order chi connectivity index (χ1) is 7.68. The molecule has 0 radical (unpaired) electrons. The summed E-state index contributed by atoms with van der Waals surface area (Å²) in [5.41, 5.74) is 2.11. The van der Waals surface area contributed by atoms with Crippen LogP contribution in [0.1, 0.15) is 17.6 Å². The van der Waals surface area contributed by atoms with Gasteiger partial charge in [-0.05, 0) is 24.6 Å². The van der Waals surface area contributed by atoms with Gasteiger partial charge in [-0.15, -0.1) is 0 Å². The maximum absolute atomic E-state index is 12.5. The van der Waals surface area contributed by atoms with Gasteiger partial charge < -0.3 is 10.2 Å². The SMILES string of the molecule is Cc1cc(C(F)F)ccc1N1CCNCC1. The monoisotopic (exact) mass is 226 g/mol. The number of halogens is 2. The number of alkyl halides is 2. The minimum atomic E-state index is -2.38. The number of rotatable bonds is 2. The first-order valence-electron chi connectivity index (χ1n) is 5.53. The van der Waals surface area contributed by atoms with E-state index >= 15 is 0 Å². The Kier molecular flexibility index (Phi) is 3.39. The van der Waals surface area contributed by atoms with Gasteiger partial charge in [0, 0.05) is 37.4 Å². The fraction of sp³-hybridized carbons (Fsp3) is 0.500. The van der Waals surface area contributed by atoms with Crippen molar-refractivity contribution in [2.24, 2.45) is 0 Å². The van der Waals surface area contributed by atoms with Crippen molar-refractivity contribution in [1.29, 1.82) is 0 Å². The van der Waals surface area contributed by atoms with Gasteiger partial charge in [0.15, 0.2) is 0 Å². The van der Waals surface area contributed by atoms with E-state index in [-0.39, 0.29) is 5.56 Å². The van der Waals surface area contributed by atoms with E-state index in [0.717, 1.165) is 37.4 Å². The van der Waals surface area contributed by atoms with Gasteiger partial charge >= 0.3 is 0 Å². The average molecular weight is 226 g/mol. The van der Waals surface area contributed by atoms with Crippen molar-refractivity contribution in [1.82, 2.24) is 5.32 Å². The van der Waals surface area contributed by atoms with E-state index in [1.807, 2.05) is 13.0 Å². The van der Waals surface area contributed by atoms with Crippen molar-refractivity contribution in [2.45, 2.75) is 13.3 Å². The minimum Gasteiger partial charge on any atom is -0.369 e. The molecule has 88 valence electrons. The Morgan fingerprint density at radius 2 is 1.94 bits per heavy atom. The molecule has 16 heavy (non-hydrogen) atoms. The van der Waals surface area contributed by atoms with Crippen LogP contribution in [0.2, 0.25) is 0 Å². The molecule has 0 aromatic heterocycles. The summed E-state index contributed by atoms with van der Waals surface area (Å²) in [6, 6.07) is 4.92. The van der Waals surface area contributed by atoms with Crippen LogP contribution < -0.4 is 10.2 Å². The third-order valence-corrected chi connectivity index (χ3v) is 2.93. The third kappa shape index (κ3) is 2.32. The molecule has 0 aliphatic carbocycles. The first-order valence-corrected chi connectivity index (χ1v) is 5.53. The van der Waals surface area contributed by atoms with Crippen molar-refractivity contribution in [3.63, 3.8) is 0 Å². The molecule has 0 spiro atoms. The van der Waals surface area contributed by atoms with Crippen molar-refractivity contribution in [3.05, 3.63) is 29.3 Å². The number of hydrogen-bond donors (Lipinski definition) is 1. The Bertz CT molecular complexity index is 360. The predicted octanol–water partition coefficient (Wildman–Crippen LogP) is 2.34. The minimum absolute atomic E-state index is 0.108. The summed E-state index contributed by atoms with van der Waals surface area (Å²) in [5, 5.41) is 3.27. The van der Waals surface area contributed by atoms with Gasteiger partial charge in [0.05, 0.1) is 0 Å². The van der Waals surface area contributed by atoms with Gasteiger partial charge in [0.25, 0.3) is 6.43 Å². The van der Waals surface area contributed by atoms with Crippen LogP contribution in [-0.4, -0.2) is 26.2 Å². The molecule has 1 aliphatic rings. The van der Waals surface area contributed by atoms with Crippen LogP contribution in [0, 0.1) is 6.92 Å². The largest absolute Gasteiger partial charge is 0.369 e. The van der Waals surface area contributed by atoms with E-state index < -0.39 is 6.43 Å². The summed E-state index contributed by atoms with van der Waals surface area (Å²) in [4.78, 5) is 2.24. The lowest BCUT2D eigenvalue weighted by molar-refractivity contribution is 0.151. The molecule has 0 bridgehead atoms. The molecule has 1 N–H and O–H groups in total. The van der Waals surface area contributed by atoms with Crippen LogP contribution in [0.15, 0.2) is 18.2 Å². The second-order valence-electron chi connectivity index (χ2n) is 4.08. The Morgan fingerprint density at radius 1 is 1.25 bits per heavy atom. The molecule has 2 rings (SSSR count). The van der Waals surface area contributed by atoms with Crippen LogP contribution in [0.3, 0.4) is 0 Å². The molecule has 1 aromatic rings. The number of hydrogen-bond acceptors (Lipinski definition) is 2. The molecule has 2 nitrogen and oxygen atoms in total. The quantitative estimate of drug-likeness (QED) is 0.832. The summed E-state index contributed by atoms with van der Waals surface area (Å²) in [7, 11) is 0. The second-order valence-corrected chi connectivity index (χ2v) is 4.08. The van der Waals surface area contributed by atoms with Gasteiger partial charge in [-0.2, -0.15) is 0 Å². The third-order valence-electron chi connectivity index (χ3n) is 2.93. The maximum Gasteiger partial charge on any atom is 0.263 e. The van der Waals surface area contributed by atoms with E-state index in [0.29, 0.717) is 0 Å². The lowest BCUT2D eigenvalue weighted by Gasteiger charge is -2.30. The highest BCUT2D eigenvalue weighted by Gasteiger charge is 2.14. The lowest BCUT2D eigenvalue weighted by atomic mass is 10.1. The molecule has 0 unspecified atom stereocenters. The molecule has 0 atom stereocenters. The van der Waals surface area contributed by atoms with Crippen LogP contribution in [0.5, 0.6) is 0 Å². The number of nitrogens with one attached hydrogen (secondary N) is 1. The summed E-state index contributed by atoms with van der Waals surface area (Å²) < 4.78 is 25.0.